The van der Waals surface area contributed by atoms with E-state index in [-0.39, 0.29) is 18.4 Å². The predicted octanol–water partition coefficient (Wildman–Crippen LogP) is 2.37. The molecule has 0 spiro atoms. The van der Waals surface area contributed by atoms with Gasteiger partial charge in [-0.25, -0.2) is 0 Å². The molecular weight excluding hydrogens is 364 g/mol. The van der Waals surface area contributed by atoms with Gasteiger partial charge in [0.1, 0.15) is 0 Å². The fourth-order valence-electron chi connectivity index (χ4n) is 1.28. The zero-order valence-electron chi connectivity index (χ0n) is 10.4. The van der Waals surface area contributed by atoms with Gasteiger partial charge < -0.3 is 9.80 Å². The maximum absolute atomic E-state index is 12.1. The molecule has 0 unspecified atom stereocenters. The predicted molar refractivity (Wildman–Crippen MR) is 77.5 cm³/mol. The summed E-state index contributed by atoms with van der Waals surface area (Å²) in [4.78, 5) is 26.5. The maximum atomic E-state index is 12.1. The number of carbonyl (C=O) groups is 2. The second-order valence-corrected chi connectivity index (χ2v) is 5.84. The molecular formula is C12H14Br2N2O2. The first-order valence-corrected chi connectivity index (χ1v) is 6.82. The molecule has 0 fully saturated rings. The summed E-state index contributed by atoms with van der Waals surface area (Å²) in [6.07, 6.45) is 0. The highest BCUT2D eigenvalue weighted by Gasteiger charge is 2.18. The van der Waals surface area contributed by atoms with Crippen LogP contribution in [0.25, 0.3) is 0 Å². The molecule has 1 aromatic carbocycles. The lowest BCUT2D eigenvalue weighted by atomic mass is 10.2. The maximum Gasteiger partial charge on any atom is 0.255 e. The van der Waals surface area contributed by atoms with Gasteiger partial charge in [-0.15, -0.1) is 0 Å². The average molecular weight is 378 g/mol. The molecule has 0 aliphatic rings. The second-order valence-electron chi connectivity index (χ2n) is 4.07. The third-order valence-corrected chi connectivity index (χ3v) is 3.53. The molecule has 1 rings (SSSR count). The van der Waals surface area contributed by atoms with Crippen molar-refractivity contribution in [2.24, 2.45) is 0 Å². The molecule has 18 heavy (non-hydrogen) atoms. The zero-order chi connectivity index (χ0) is 13.9. The van der Waals surface area contributed by atoms with Gasteiger partial charge in [0.25, 0.3) is 5.91 Å². The molecule has 0 atom stereocenters. The number of hydrogen-bond donors (Lipinski definition) is 0. The monoisotopic (exact) mass is 376 g/mol. The largest absolute Gasteiger partial charge is 0.347 e. The fourth-order valence-corrected chi connectivity index (χ4v) is 2.50. The average Bonchev–Trinajstić information content (AvgIpc) is 2.27. The van der Waals surface area contributed by atoms with E-state index in [1.807, 2.05) is 0 Å². The van der Waals surface area contributed by atoms with Crippen molar-refractivity contribution in [3.05, 3.63) is 32.7 Å². The zero-order valence-corrected chi connectivity index (χ0v) is 13.6. The van der Waals surface area contributed by atoms with Crippen LogP contribution in [0.1, 0.15) is 10.4 Å². The van der Waals surface area contributed by atoms with Gasteiger partial charge in [-0.1, -0.05) is 15.9 Å². The lowest BCUT2D eigenvalue weighted by Gasteiger charge is -2.19. The van der Waals surface area contributed by atoms with Crippen molar-refractivity contribution in [3.8, 4) is 0 Å². The van der Waals surface area contributed by atoms with Crippen LogP contribution in [-0.4, -0.2) is 49.3 Å². The standard InChI is InChI=1S/C12H14Br2N2O2/c1-15(2)11(17)7-16(3)12(18)9-5-4-8(13)6-10(9)14/h4-6H,7H2,1-3H3. The van der Waals surface area contributed by atoms with E-state index in [1.165, 1.54) is 9.80 Å². The number of likely N-dealkylation sites (N-methyl/N-ethyl adjacent to an activating group) is 2. The van der Waals surface area contributed by atoms with Gasteiger partial charge >= 0.3 is 0 Å². The van der Waals surface area contributed by atoms with Gasteiger partial charge in [-0.3, -0.25) is 9.59 Å². The van der Waals surface area contributed by atoms with Crippen LogP contribution in [0.4, 0.5) is 0 Å². The Morgan fingerprint density at radius 2 is 1.78 bits per heavy atom. The third-order valence-electron chi connectivity index (χ3n) is 2.38. The van der Waals surface area contributed by atoms with Crippen molar-refractivity contribution < 1.29 is 9.59 Å². The number of benzene rings is 1. The Morgan fingerprint density at radius 1 is 1.17 bits per heavy atom. The van der Waals surface area contributed by atoms with Crippen LogP contribution in [0.5, 0.6) is 0 Å². The quantitative estimate of drug-likeness (QED) is 0.811. The summed E-state index contributed by atoms with van der Waals surface area (Å²) in [7, 11) is 4.94. The van der Waals surface area contributed by atoms with Crippen LogP contribution in [0, 0.1) is 0 Å². The number of amides is 2. The van der Waals surface area contributed by atoms with Gasteiger partial charge in [0.15, 0.2) is 0 Å². The van der Waals surface area contributed by atoms with E-state index >= 15 is 0 Å². The van der Waals surface area contributed by atoms with E-state index in [0.717, 1.165) is 4.47 Å². The van der Waals surface area contributed by atoms with Crippen LogP contribution in [0.15, 0.2) is 27.1 Å². The Balaban J connectivity index is 2.84. The minimum absolute atomic E-state index is 0.0638. The normalized spacial score (nSPS) is 10.1. The van der Waals surface area contributed by atoms with E-state index in [9.17, 15) is 9.59 Å². The highest BCUT2D eigenvalue weighted by Crippen LogP contribution is 2.22. The molecule has 0 radical (unpaired) electrons. The Morgan fingerprint density at radius 3 is 2.28 bits per heavy atom. The summed E-state index contributed by atoms with van der Waals surface area (Å²) in [6.45, 7) is 0.0638. The Labute approximate surface area is 123 Å². The Bertz CT molecular complexity index is 475. The van der Waals surface area contributed by atoms with E-state index < -0.39 is 0 Å². The lowest BCUT2D eigenvalue weighted by molar-refractivity contribution is -0.129. The van der Waals surface area contributed by atoms with E-state index in [1.54, 1.807) is 39.3 Å². The molecule has 0 N–H and O–H groups in total. The van der Waals surface area contributed by atoms with Crippen LogP contribution in [-0.2, 0) is 4.79 Å². The molecule has 4 nitrogen and oxygen atoms in total. The van der Waals surface area contributed by atoms with Crippen LogP contribution < -0.4 is 0 Å². The van der Waals surface area contributed by atoms with Gasteiger partial charge in [-0.05, 0) is 34.1 Å². The van der Waals surface area contributed by atoms with Crippen molar-refractivity contribution in [3.63, 3.8) is 0 Å². The first kappa shape index (κ1) is 15.2. The van der Waals surface area contributed by atoms with Crippen LogP contribution in [0.2, 0.25) is 0 Å². The number of nitrogens with zero attached hydrogens (tertiary/aromatic N) is 2. The summed E-state index contributed by atoms with van der Waals surface area (Å²) in [6, 6.07) is 5.31. The Hall–Kier alpha value is -0.880. The molecule has 0 saturated carbocycles. The van der Waals surface area contributed by atoms with E-state index in [2.05, 4.69) is 31.9 Å². The third kappa shape index (κ3) is 3.81. The molecule has 98 valence electrons. The van der Waals surface area contributed by atoms with E-state index in [4.69, 9.17) is 0 Å². The first-order valence-electron chi connectivity index (χ1n) is 5.23. The van der Waals surface area contributed by atoms with Crippen molar-refractivity contribution in [1.29, 1.82) is 0 Å². The smallest absolute Gasteiger partial charge is 0.255 e. The molecule has 0 aliphatic carbocycles. The molecule has 0 aromatic heterocycles. The van der Waals surface area contributed by atoms with E-state index in [0.29, 0.717) is 10.0 Å². The second kappa shape index (κ2) is 6.33. The molecule has 0 aliphatic heterocycles. The highest BCUT2D eigenvalue weighted by molar-refractivity contribution is 9.11. The van der Waals surface area contributed by atoms with Gasteiger partial charge in [0, 0.05) is 30.1 Å². The summed E-state index contributed by atoms with van der Waals surface area (Å²) < 4.78 is 1.59. The van der Waals surface area contributed by atoms with Gasteiger partial charge in [0.05, 0.1) is 12.1 Å². The van der Waals surface area contributed by atoms with Gasteiger partial charge in [-0.2, -0.15) is 0 Å². The SMILES string of the molecule is CN(C)C(=O)CN(C)C(=O)c1ccc(Br)cc1Br. The number of halogens is 2. The van der Waals surface area contributed by atoms with Crippen LogP contribution >= 0.6 is 31.9 Å². The molecule has 6 heteroatoms. The van der Waals surface area contributed by atoms with Gasteiger partial charge in [0.2, 0.25) is 5.91 Å². The number of carbonyl (C=O) groups excluding carboxylic acids is 2. The molecule has 0 heterocycles. The summed E-state index contributed by atoms with van der Waals surface area (Å²) in [5.74, 6) is -0.302. The Kier molecular flexibility index (Phi) is 5.34. The summed E-state index contributed by atoms with van der Waals surface area (Å²) in [5, 5.41) is 0. The highest BCUT2D eigenvalue weighted by atomic mass is 79.9. The molecule has 0 bridgehead atoms. The minimum atomic E-state index is -0.190. The lowest BCUT2D eigenvalue weighted by Crippen LogP contribution is -2.37. The number of rotatable bonds is 3. The first-order chi connectivity index (χ1) is 8.32. The number of hydrogen-bond acceptors (Lipinski definition) is 2. The minimum Gasteiger partial charge on any atom is -0.347 e. The molecule has 0 saturated heterocycles. The van der Waals surface area contributed by atoms with Crippen LogP contribution in [0.3, 0.4) is 0 Å². The fraction of sp³-hybridized carbons (Fsp3) is 0.333. The molecule has 1 aromatic rings. The summed E-state index contributed by atoms with van der Waals surface area (Å²) in [5.41, 5.74) is 0.534. The topological polar surface area (TPSA) is 40.6 Å². The van der Waals surface area contributed by atoms with Crippen molar-refractivity contribution in [2.45, 2.75) is 0 Å². The summed E-state index contributed by atoms with van der Waals surface area (Å²) >= 11 is 6.66. The van der Waals surface area contributed by atoms with Crippen molar-refractivity contribution >= 4 is 43.7 Å². The van der Waals surface area contributed by atoms with Crippen molar-refractivity contribution in [1.82, 2.24) is 9.80 Å². The van der Waals surface area contributed by atoms with Crippen molar-refractivity contribution in [2.75, 3.05) is 27.7 Å². The molecule has 2 amide bonds.